The normalized spacial score (nSPS) is 21.5. The molecule has 24 heteroatoms. The highest BCUT2D eigenvalue weighted by Crippen LogP contribution is 2.40. The van der Waals surface area contributed by atoms with Crippen molar-refractivity contribution >= 4 is 82.3 Å². The number of carbonyl (C=O) groups excluding carboxylic acids is 9. The Kier molecular flexibility index (Phi) is 17.3. The number of hydrogen-bond donors (Lipinski definition) is 8. The molecule has 0 radical (unpaired) electrons. The van der Waals surface area contributed by atoms with E-state index in [1.54, 1.807) is 11.9 Å². The maximum atomic E-state index is 15.2. The standard InChI is InChI=1S/C60H67N10O13P/c1-67-49-29-36(16-21-46(49)70(60(67)80)48-23-25-51(72)65-57(48)77)28-34-12-14-35(15-13-34)30-52(73)68-27-26-41-18-22-47(56(76)63-43(20-24-50(61)71)54(74)66-53(37-8-4-2-5-9-37)38-10-6-3-7-11-38)69(41)58(78)45(33-68)64-55(75)44-32-40-31-39(17-19-42(40)62-44)59(79)84(81,82)83/h2-11,16-17,19,21,29,31-32,34-35,41,43,45,47-48,53,62H,12-15,18,20,22-28,30,33H2,1H3,(H2,61,71)(H,63,76)(H,64,75)(H,66,74)(H,65,72,77)(H2,81,82,83)/t34-,35-,41-,43?,45+,47+,48?/m1/s1. The van der Waals surface area contributed by atoms with E-state index in [0.717, 1.165) is 48.8 Å². The number of aromatic amines is 1. The number of piperidine rings is 1. The summed E-state index contributed by atoms with van der Waals surface area (Å²) in [4.78, 5) is 161. The lowest BCUT2D eigenvalue weighted by Crippen LogP contribution is -2.62. The van der Waals surface area contributed by atoms with Crippen LogP contribution in [0.25, 0.3) is 21.9 Å². The van der Waals surface area contributed by atoms with Gasteiger partial charge in [0.2, 0.25) is 41.4 Å². The van der Waals surface area contributed by atoms with Crippen LogP contribution in [0.2, 0.25) is 0 Å². The zero-order valence-corrected chi connectivity index (χ0v) is 47.1. The highest BCUT2D eigenvalue weighted by molar-refractivity contribution is 7.70. The first-order valence-corrected chi connectivity index (χ1v) is 30.0. The number of hydrogen-bond acceptors (Lipinski definition) is 11. The summed E-state index contributed by atoms with van der Waals surface area (Å²) in [6.45, 7) is -0.0654. The van der Waals surface area contributed by atoms with Gasteiger partial charge in [0.25, 0.3) is 11.4 Å². The molecule has 2 aromatic heterocycles. The number of nitrogens with two attached hydrogens (primary N) is 1. The van der Waals surface area contributed by atoms with Gasteiger partial charge >= 0.3 is 13.3 Å². The monoisotopic (exact) mass is 1170 g/mol. The molecule has 4 aliphatic rings. The molecule has 84 heavy (non-hydrogen) atoms. The Labute approximate surface area is 482 Å². The SMILES string of the molecule is Cn1c(=O)n(C2CCC(=O)NC2=O)c2ccc(C[C@H]3CC[C@H](CC(=O)N4CC[C@H]5CC[C@@H](C(=O)NC(CCC(N)=O)C(=O)NC(c6ccccc6)c6ccccc6)N5C(=O)[C@@H](NC(=O)c5cc6cc(C(=O)P(=O)(O)O)ccc6[nH]5)C4)CC3)cc21. The highest BCUT2D eigenvalue weighted by atomic mass is 31.2. The molecule has 1 saturated carbocycles. The third-order valence-electron chi connectivity index (χ3n) is 17.0. The number of imide groups is 1. The molecular formula is C60H67N10O13P. The Morgan fingerprint density at radius 2 is 1.46 bits per heavy atom. The van der Waals surface area contributed by atoms with Gasteiger partial charge in [0.15, 0.2) is 0 Å². The molecule has 8 amide bonds. The van der Waals surface area contributed by atoms with Crippen molar-refractivity contribution in [2.75, 3.05) is 13.1 Å². The zero-order chi connectivity index (χ0) is 59.6. The number of nitrogens with one attached hydrogen (secondary N) is 5. The molecule has 9 N–H and O–H groups in total. The van der Waals surface area contributed by atoms with E-state index in [1.807, 2.05) is 78.9 Å². The van der Waals surface area contributed by atoms with Crippen LogP contribution in [0.4, 0.5) is 0 Å². The lowest BCUT2D eigenvalue weighted by molar-refractivity contribution is -0.146. The van der Waals surface area contributed by atoms with Crippen molar-refractivity contribution in [3.05, 3.63) is 142 Å². The number of primary amides is 1. The summed E-state index contributed by atoms with van der Waals surface area (Å²) in [6.07, 6.45) is 4.91. The molecule has 3 aliphatic heterocycles. The summed E-state index contributed by atoms with van der Waals surface area (Å²) in [5, 5.41) is 11.3. The van der Waals surface area contributed by atoms with Gasteiger partial charge in [-0.3, -0.25) is 62.2 Å². The molecule has 440 valence electrons. The predicted molar refractivity (Wildman–Crippen MR) is 306 cm³/mol. The molecule has 0 spiro atoms. The molecule has 6 aromatic rings. The maximum Gasteiger partial charge on any atom is 0.396 e. The van der Waals surface area contributed by atoms with Crippen molar-refractivity contribution in [1.29, 1.82) is 0 Å². The van der Waals surface area contributed by atoms with Crippen molar-refractivity contribution < 1.29 is 57.5 Å². The van der Waals surface area contributed by atoms with Crippen molar-refractivity contribution in [3.63, 3.8) is 0 Å². The summed E-state index contributed by atoms with van der Waals surface area (Å²) in [5.74, 6) is -4.13. The van der Waals surface area contributed by atoms with Crippen LogP contribution in [0.5, 0.6) is 0 Å². The van der Waals surface area contributed by atoms with Crippen LogP contribution in [0.1, 0.15) is 127 Å². The van der Waals surface area contributed by atoms with Crippen LogP contribution in [-0.4, -0.2) is 124 Å². The van der Waals surface area contributed by atoms with E-state index in [-0.39, 0.29) is 97.6 Å². The second-order valence-electron chi connectivity index (χ2n) is 22.6. The van der Waals surface area contributed by atoms with E-state index >= 15 is 4.79 Å². The molecule has 2 unspecified atom stereocenters. The Hall–Kier alpha value is -8.53. The highest BCUT2D eigenvalue weighted by Gasteiger charge is 2.46. The smallest absolute Gasteiger partial charge is 0.370 e. The summed E-state index contributed by atoms with van der Waals surface area (Å²) >= 11 is 0. The summed E-state index contributed by atoms with van der Waals surface area (Å²) in [7, 11) is -3.47. The number of fused-ring (bicyclic) bond motifs is 3. The Morgan fingerprint density at radius 1 is 0.774 bits per heavy atom. The fraction of sp³-hybridized carbons (Fsp3) is 0.400. The zero-order valence-electron chi connectivity index (χ0n) is 46.2. The van der Waals surface area contributed by atoms with Gasteiger partial charge in [0.1, 0.15) is 29.9 Å². The van der Waals surface area contributed by atoms with Crippen LogP contribution in [0.15, 0.2) is 108 Å². The van der Waals surface area contributed by atoms with E-state index in [9.17, 15) is 57.5 Å². The van der Waals surface area contributed by atoms with Crippen LogP contribution >= 0.6 is 7.60 Å². The number of aromatic nitrogens is 3. The molecule has 5 heterocycles. The van der Waals surface area contributed by atoms with Gasteiger partial charge in [0.05, 0.1) is 17.1 Å². The number of nitrogens with zero attached hydrogens (tertiary/aromatic N) is 4. The van der Waals surface area contributed by atoms with Gasteiger partial charge in [-0.05, 0) is 129 Å². The van der Waals surface area contributed by atoms with Crippen molar-refractivity contribution in [3.8, 4) is 0 Å². The average Bonchev–Trinajstić information content (AvgIpc) is 3.38. The van der Waals surface area contributed by atoms with Crippen LogP contribution in [0.3, 0.4) is 0 Å². The van der Waals surface area contributed by atoms with Gasteiger partial charge in [-0.25, -0.2) is 4.79 Å². The summed E-state index contributed by atoms with van der Waals surface area (Å²) < 4.78 is 14.8. The number of imidazole rings is 1. The molecule has 1 aliphatic carbocycles. The van der Waals surface area contributed by atoms with Crippen LogP contribution in [-0.2, 0) is 51.6 Å². The summed E-state index contributed by atoms with van der Waals surface area (Å²) in [6, 6.07) is 23.7. The van der Waals surface area contributed by atoms with E-state index < -0.39 is 84.8 Å². The fourth-order valence-electron chi connectivity index (χ4n) is 12.6. The average molecular weight is 1170 g/mol. The fourth-order valence-corrected chi connectivity index (χ4v) is 13.1. The van der Waals surface area contributed by atoms with Crippen molar-refractivity contribution in [2.45, 2.75) is 120 Å². The second-order valence-corrected chi connectivity index (χ2v) is 24.1. The van der Waals surface area contributed by atoms with Crippen molar-refractivity contribution in [1.82, 2.24) is 45.2 Å². The first-order chi connectivity index (χ1) is 40.2. The van der Waals surface area contributed by atoms with E-state index in [1.165, 1.54) is 38.3 Å². The molecule has 0 bridgehead atoms. The lowest BCUT2D eigenvalue weighted by Gasteiger charge is -2.39. The van der Waals surface area contributed by atoms with Gasteiger partial charge in [0, 0.05) is 61.9 Å². The Balaban J connectivity index is 0.845. The topological polar surface area (TPSA) is 335 Å². The molecule has 4 fully saturated rings. The predicted octanol–water partition coefficient (Wildman–Crippen LogP) is 3.90. The second kappa shape index (κ2) is 24.7. The summed E-state index contributed by atoms with van der Waals surface area (Å²) in [5.41, 5.74) is 7.66. The Morgan fingerprint density at radius 3 is 2.13 bits per heavy atom. The molecule has 4 aromatic carbocycles. The number of H-pyrrole nitrogens is 1. The minimum Gasteiger partial charge on any atom is -0.370 e. The number of carbonyl (C=O) groups is 9. The third-order valence-corrected chi connectivity index (χ3v) is 17.8. The minimum absolute atomic E-state index is 0.0221. The van der Waals surface area contributed by atoms with Crippen LogP contribution in [0, 0.1) is 11.8 Å². The number of rotatable bonds is 18. The van der Waals surface area contributed by atoms with Gasteiger partial charge in [-0.1, -0.05) is 66.7 Å². The minimum atomic E-state index is -5.13. The Bertz CT molecular complexity index is 3640. The first kappa shape index (κ1) is 58.7. The molecule has 23 nitrogen and oxygen atoms in total. The molecule has 5 atom stereocenters. The van der Waals surface area contributed by atoms with Crippen molar-refractivity contribution in [2.24, 2.45) is 24.6 Å². The van der Waals surface area contributed by atoms with Gasteiger partial charge < -0.3 is 46.3 Å². The third kappa shape index (κ3) is 12.8. The molecule has 3 saturated heterocycles. The van der Waals surface area contributed by atoms with Gasteiger partial charge in [-0.15, -0.1) is 0 Å². The molecule has 10 rings (SSSR count). The maximum absolute atomic E-state index is 15.2. The number of aryl methyl sites for hydroxylation is 1. The van der Waals surface area contributed by atoms with E-state index in [2.05, 4.69) is 26.3 Å². The lowest BCUT2D eigenvalue weighted by atomic mass is 9.78. The van der Waals surface area contributed by atoms with E-state index in [0.29, 0.717) is 29.4 Å². The quantitative estimate of drug-likeness (QED) is 0.0448. The molecular weight excluding hydrogens is 1100 g/mol. The van der Waals surface area contributed by atoms with Crippen LogP contribution < -0.4 is 32.7 Å². The van der Waals surface area contributed by atoms with E-state index in [4.69, 9.17) is 5.73 Å². The largest absolute Gasteiger partial charge is 0.396 e. The van der Waals surface area contributed by atoms with Gasteiger partial charge in [-0.2, -0.15) is 0 Å². The number of benzene rings is 4. The number of amides is 8. The first-order valence-electron chi connectivity index (χ1n) is 28.4.